The first-order valence-electron chi connectivity index (χ1n) is 4.29. The average molecular weight is 202 g/mol. The lowest BCUT2D eigenvalue weighted by Crippen LogP contribution is -2.05. The summed E-state index contributed by atoms with van der Waals surface area (Å²) in [5, 5.41) is 9.07. The van der Waals surface area contributed by atoms with Crippen molar-refractivity contribution >= 4 is 0 Å². The van der Waals surface area contributed by atoms with Crippen LogP contribution in [0.5, 0.6) is 5.75 Å². The van der Waals surface area contributed by atoms with Crippen LogP contribution in [-0.2, 0) is 6.42 Å². The summed E-state index contributed by atoms with van der Waals surface area (Å²) in [5.41, 5.74) is 0.890. The topological polar surface area (TPSA) is 29.5 Å². The summed E-state index contributed by atoms with van der Waals surface area (Å²) < 4.78 is 27.7. The Morgan fingerprint density at radius 1 is 1.29 bits per heavy atom. The SMILES string of the molecule is C[C@@H](O)Cc1ccc(OC(F)F)cc1. The van der Waals surface area contributed by atoms with Crippen LogP contribution in [0.2, 0.25) is 0 Å². The molecule has 1 atom stereocenters. The highest BCUT2D eigenvalue weighted by Crippen LogP contribution is 2.15. The standard InChI is InChI=1S/C10H12F2O2/c1-7(13)6-8-2-4-9(5-3-8)14-10(11)12/h2-5,7,10,13H,6H2,1H3/t7-/m1/s1. The zero-order chi connectivity index (χ0) is 10.6. The van der Waals surface area contributed by atoms with Gasteiger partial charge in [0.25, 0.3) is 0 Å². The molecule has 2 nitrogen and oxygen atoms in total. The minimum absolute atomic E-state index is 0.134. The second kappa shape index (κ2) is 4.91. The number of hydrogen-bond acceptors (Lipinski definition) is 2. The van der Waals surface area contributed by atoms with Gasteiger partial charge in [-0.2, -0.15) is 8.78 Å². The number of alkyl halides is 2. The summed E-state index contributed by atoms with van der Waals surface area (Å²) in [6, 6.07) is 6.24. The molecule has 0 bridgehead atoms. The maximum absolute atomic E-state index is 11.8. The molecule has 78 valence electrons. The van der Waals surface area contributed by atoms with E-state index in [0.29, 0.717) is 6.42 Å². The molecule has 0 saturated carbocycles. The number of ether oxygens (including phenoxy) is 1. The van der Waals surface area contributed by atoms with Crippen LogP contribution in [0.15, 0.2) is 24.3 Å². The molecule has 1 N–H and O–H groups in total. The average Bonchev–Trinajstić information content (AvgIpc) is 2.06. The van der Waals surface area contributed by atoms with Gasteiger partial charge >= 0.3 is 6.61 Å². The van der Waals surface area contributed by atoms with E-state index < -0.39 is 12.7 Å². The van der Waals surface area contributed by atoms with Crippen LogP contribution in [0.3, 0.4) is 0 Å². The molecule has 0 heterocycles. The quantitative estimate of drug-likeness (QED) is 0.811. The molecular weight excluding hydrogens is 190 g/mol. The predicted molar refractivity (Wildman–Crippen MR) is 48.5 cm³/mol. The first kappa shape index (κ1) is 10.9. The van der Waals surface area contributed by atoms with Crippen molar-refractivity contribution < 1.29 is 18.6 Å². The lowest BCUT2D eigenvalue weighted by Gasteiger charge is -2.06. The highest BCUT2D eigenvalue weighted by molar-refractivity contribution is 5.27. The first-order valence-corrected chi connectivity index (χ1v) is 4.29. The predicted octanol–water partition coefficient (Wildman–Crippen LogP) is 2.21. The Morgan fingerprint density at radius 3 is 2.29 bits per heavy atom. The van der Waals surface area contributed by atoms with Gasteiger partial charge in [-0.1, -0.05) is 12.1 Å². The maximum Gasteiger partial charge on any atom is 0.387 e. The van der Waals surface area contributed by atoms with Gasteiger partial charge in [0.15, 0.2) is 0 Å². The first-order chi connectivity index (χ1) is 6.58. The molecule has 0 aliphatic carbocycles. The summed E-state index contributed by atoms with van der Waals surface area (Å²) in [6.45, 7) is -1.12. The van der Waals surface area contributed by atoms with Crippen LogP contribution < -0.4 is 4.74 Å². The van der Waals surface area contributed by atoms with Crippen LogP contribution >= 0.6 is 0 Å². The third kappa shape index (κ3) is 3.70. The van der Waals surface area contributed by atoms with E-state index in [1.54, 1.807) is 19.1 Å². The fourth-order valence-electron chi connectivity index (χ4n) is 1.15. The zero-order valence-corrected chi connectivity index (χ0v) is 7.78. The lowest BCUT2D eigenvalue weighted by atomic mass is 10.1. The van der Waals surface area contributed by atoms with Gasteiger partial charge in [0.2, 0.25) is 0 Å². The zero-order valence-electron chi connectivity index (χ0n) is 7.78. The summed E-state index contributed by atoms with van der Waals surface area (Å²) in [5.74, 6) is 0.134. The monoisotopic (exact) mass is 202 g/mol. The van der Waals surface area contributed by atoms with E-state index in [0.717, 1.165) is 5.56 Å². The number of aliphatic hydroxyl groups is 1. The second-order valence-electron chi connectivity index (χ2n) is 3.08. The van der Waals surface area contributed by atoms with Gasteiger partial charge in [0, 0.05) is 0 Å². The Balaban J connectivity index is 2.59. The van der Waals surface area contributed by atoms with Crippen molar-refractivity contribution in [1.82, 2.24) is 0 Å². The summed E-state index contributed by atoms with van der Waals surface area (Å²) in [7, 11) is 0. The van der Waals surface area contributed by atoms with Gasteiger partial charge in [-0.05, 0) is 31.0 Å². The molecule has 0 radical (unpaired) electrons. The highest BCUT2D eigenvalue weighted by atomic mass is 19.3. The van der Waals surface area contributed by atoms with Crippen molar-refractivity contribution in [2.75, 3.05) is 0 Å². The Kier molecular flexibility index (Phi) is 3.83. The van der Waals surface area contributed by atoms with E-state index >= 15 is 0 Å². The van der Waals surface area contributed by atoms with Crippen molar-refractivity contribution in [2.45, 2.75) is 26.1 Å². The fourth-order valence-corrected chi connectivity index (χ4v) is 1.15. The molecule has 0 spiro atoms. The maximum atomic E-state index is 11.8. The van der Waals surface area contributed by atoms with Gasteiger partial charge in [0.1, 0.15) is 5.75 Å². The van der Waals surface area contributed by atoms with Crippen molar-refractivity contribution in [3.63, 3.8) is 0 Å². The molecule has 1 aromatic carbocycles. The minimum atomic E-state index is -2.79. The Morgan fingerprint density at radius 2 is 1.86 bits per heavy atom. The van der Waals surface area contributed by atoms with Crippen LogP contribution in [0.1, 0.15) is 12.5 Å². The van der Waals surface area contributed by atoms with Gasteiger partial charge in [0.05, 0.1) is 6.10 Å². The van der Waals surface area contributed by atoms with Crippen molar-refractivity contribution in [2.24, 2.45) is 0 Å². The number of rotatable bonds is 4. The molecule has 4 heteroatoms. The van der Waals surface area contributed by atoms with Gasteiger partial charge < -0.3 is 9.84 Å². The van der Waals surface area contributed by atoms with E-state index in [2.05, 4.69) is 4.74 Å². The van der Waals surface area contributed by atoms with Gasteiger partial charge in [-0.15, -0.1) is 0 Å². The molecule has 0 aliphatic rings. The molecule has 1 rings (SSSR count). The molecule has 0 fully saturated rings. The largest absolute Gasteiger partial charge is 0.435 e. The molecule has 0 saturated heterocycles. The molecular formula is C10H12F2O2. The molecule has 1 aromatic rings. The summed E-state index contributed by atoms with van der Waals surface area (Å²) >= 11 is 0. The minimum Gasteiger partial charge on any atom is -0.435 e. The molecule has 0 aromatic heterocycles. The normalized spacial score (nSPS) is 12.9. The van der Waals surface area contributed by atoms with E-state index in [1.165, 1.54) is 12.1 Å². The number of halogens is 2. The Bertz CT molecular complexity index is 241. The van der Waals surface area contributed by atoms with E-state index in [4.69, 9.17) is 5.11 Å². The lowest BCUT2D eigenvalue weighted by molar-refractivity contribution is -0.0498. The van der Waals surface area contributed by atoms with Crippen LogP contribution in [0.4, 0.5) is 8.78 Å². The fraction of sp³-hybridized carbons (Fsp3) is 0.400. The Hall–Kier alpha value is -1.16. The van der Waals surface area contributed by atoms with Gasteiger partial charge in [-0.25, -0.2) is 0 Å². The number of hydrogen-bond donors (Lipinski definition) is 1. The van der Waals surface area contributed by atoms with Crippen LogP contribution in [0, 0.1) is 0 Å². The van der Waals surface area contributed by atoms with Gasteiger partial charge in [-0.3, -0.25) is 0 Å². The third-order valence-corrected chi connectivity index (χ3v) is 1.68. The summed E-state index contributed by atoms with van der Waals surface area (Å²) in [6.07, 6.45) is 0.0754. The number of aliphatic hydroxyl groups excluding tert-OH is 1. The smallest absolute Gasteiger partial charge is 0.387 e. The Labute approximate surface area is 81.1 Å². The van der Waals surface area contributed by atoms with Crippen LogP contribution in [-0.4, -0.2) is 17.8 Å². The molecule has 14 heavy (non-hydrogen) atoms. The van der Waals surface area contributed by atoms with Crippen molar-refractivity contribution in [3.05, 3.63) is 29.8 Å². The molecule has 0 unspecified atom stereocenters. The third-order valence-electron chi connectivity index (χ3n) is 1.68. The van der Waals surface area contributed by atoms with E-state index in [1.807, 2.05) is 0 Å². The summed E-state index contributed by atoms with van der Waals surface area (Å²) in [4.78, 5) is 0. The highest BCUT2D eigenvalue weighted by Gasteiger charge is 2.04. The van der Waals surface area contributed by atoms with Crippen LogP contribution in [0.25, 0.3) is 0 Å². The second-order valence-corrected chi connectivity index (χ2v) is 3.08. The van der Waals surface area contributed by atoms with Crippen molar-refractivity contribution in [3.8, 4) is 5.75 Å². The van der Waals surface area contributed by atoms with E-state index in [-0.39, 0.29) is 5.75 Å². The molecule has 0 amide bonds. The van der Waals surface area contributed by atoms with E-state index in [9.17, 15) is 8.78 Å². The number of benzene rings is 1. The molecule has 0 aliphatic heterocycles. The van der Waals surface area contributed by atoms with Crippen molar-refractivity contribution in [1.29, 1.82) is 0 Å².